The van der Waals surface area contributed by atoms with Crippen LogP contribution in [0.25, 0.3) is 0 Å². The number of aromatic amines is 1. The Labute approximate surface area is 198 Å². The van der Waals surface area contributed by atoms with E-state index in [1.165, 1.54) is 24.3 Å². The number of carbonyl (C=O) groups is 1. The molecule has 1 unspecified atom stereocenters. The predicted molar refractivity (Wildman–Crippen MR) is 130 cm³/mol. The van der Waals surface area contributed by atoms with Crippen LogP contribution in [0, 0.1) is 20.8 Å². The molecule has 0 aliphatic carbocycles. The molecule has 0 radical (unpaired) electrons. The summed E-state index contributed by atoms with van der Waals surface area (Å²) in [6, 6.07) is 20.0. The normalized spacial score (nSPS) is 12.2. The molecular formula is C25H25N5O3S. The van der Waals surface area contributed by atoms with Gasteiger partial charge >= 0.3 is 0 Å². The summed E-state index contributed by atoms with van der Waals surface area (Å²) in [5.41, 5.74) is 3.69. The summed E-state index contributed by atoms with van der Waals surface area (Å²) in [6.07, 6.45) is 0. The van der Waals surface area contributed by atoms with Crippen molar-refractivity contribution in [1.82, 2.24) is 20.5 Å². The van der Waals surface area contributed by atoms with Gasteiger partial charge < -0.3 is 5.32 Å². The van der Waals surface area contributed by atoms with Crippen LogP contribution < -0.4 is 10.0 Å². The number of aryl methyl sites for hydroxylation is 3. The molecular weight excluding hydrogens is 450 g/mol. The van der Waals surface area contributed by atoms with Gasteiger partial charge in [-0.25, -0.2) is 13.4 Å². The minimum atomic E-state index is -3.80. The van der Waals surface area contributed by atoms with E-state index in [1.54, 1.807) is 19.1 Å². The highest BCUT2D eigenvalue weighted by Crippen LogP contribution is 2.22. The Morgan fingerprint density at radius 2 is 1.62 bits per heavy atom. The lowest BCUT2D eigenvalue weighted by molar-refractivity contribution is 0.0941. The Balaban J connectivity index is 1.53. The lowest BCUT2D eigenvalue weighted by Gasteiger charge is -2.16. The Hall–Kier alpha value is -3.98. The highest BCUT2D eigenvalue weighted by molar-refractivity contribution is 7.92. The molecule has 0 saturated heterocycles. The molecule has 0 aliphatic heterocycles. The van der Waals surface area contributed by atoms with Crippen molar-refractivity contribution >= 4 is 21.6 Å². The molecule has 0 saturated carbocycles. The van der Waals surface area contributed by atoms with Crippen molar-refractivity contribution in [2.45, 2.75) is 31.7 Å². The first kappa shape index (κ1) is 23.2. The number of H-pyrrole nitrogens is 1. The zero-order chi connectivity index (χ0) is 24.3. The van der Waals surface area contributed by atoms with Crippen molar-refractivity contribution in [2.75, 3.05) is 4.72 Å². The van der Waals surface area contributed by atoms with Crippen LogP contribution in [-0.4, -0.2) is 29.5 Å². The van der Waals surface area contributed by atoms with Crippen LogP contribution in [0.1, 0.15) is 44.7 Å². The van der Waals surface area contributed by atoms with Gasteiger partial charge in [-0.1, -0.05) is 36.4 Å². The molecule has 1 aromatic heterocycles. The van der Waals surface area contributed by atoms with Crippen molar-refractivity contribution in [3.63, 3.8) is 0 Å². The van der Waals surface area contributed by atoms with Crippen LogP contribution in [-0.2, 0) is 10.0 Å². The summed E-state index contributed by atoms with van der Waals surface area (Å²) >= 11 is 0. The van der Waals surface area contributed by atoms with Crippen molar-refractivity contribution in [3.05, 3.63) is 107 Å². The van der Waals surface area contributed by atoms with Gasteiger partial charge in [-0.05, 0) is 73.9 Å². The van der Waals surface area contributed by atoms with Crippen molar-refractivity contribution in [3.8, 4) is 0 Å². The van der Waals surface area contributed by atoms with Crippen LogP contribution in [0.15, 0.2) is 77.7 Å². The summed E-state index contributed by atoms with van der Waals surface area (Å²) in [6.45, 7) is 5.66. The van der Waals surface area contributed by atoms with Gasteiger partial charge in [-0.3, -0.25) is 14.6 Å². The van der Waals surface area contributed by atoms with E-state index in [4.69, 9.17) is 0 Å². The molecule has 174 valence electrons. The lowest BCUT2D eigenvalue weighted by Crippen LogP contribution is -2.30. The van der Waals surface area contributed by atoms with E-state index in [0.717, 1.165) is 16.7 Å². The Kier molecular flexibility index (Phi) is 6.47. The van der Waals surface area contributed by atoms with Crippen LogP contribution >= 0.6 is 0 Å². The number of aromatic nitrogens is 3. The van der Waals surface area contributed by atoms with Crippen molar-refractivity contribution in [2.24, 2.45) is 0 Å². The Morgan fingerprint density at radius 3 is 2.24 bits per heavy atom. The zero-order valence-electron chi connectivity index (χ0n) is 19.0. The lowest BCUT2D eigenvalue weighted by atomic mass is 10.1. The number of anilines is 1. The topological polar surface area (TPSA) is 117 Å². The summed E-state index contributed by atoms with van der Waals surface area (Å²) in [4.78, 5) is 17.4. The second-order valence-corrected chi connectivity index (χ2v) is 9.71. The fraction of sp³-hybridized carbons (Fsp3) is 0.160. The largest absolute Gasteiger partial charge is 0.338 e. The minimum Gasteiger partial charge on any atom is -0.338 e. The second kappa shape index (κ2) is 9.48. The number of benzene rings is 3. The zero-order valence-corrected chi connectivity index (χ0v) is 19.8. The van der Waals surface area contributed by atoms with E-state index >= 15 is 0 Å². The summed E-state index contributed by atoms with van der Waals surface area (Å²) in [7, 11) is -3.80. The Bertz CT molecular complexity index is 1410. The van der Waals surface area contributed by atoms with Crippen LogP contribution in [0.4, 0.5) is 5.69 Å². The van der Waals surface area contributed by atoms with Gasteiger partial charge in [0.2, 0.25) is 0 Å². The van der Waals surface area contributed by atoms with Gasteiger partial charge in [-0.15, -0.1) is 0 Å². The van der Waals surface area contributed by atoms with Gasteiger partial charge in [0.25, 0.3) is 15.9 Å². The van der Waals surface area contributed by atoms with Gasteiger partial charge in [0.1, 0.15) is 11.9 Å². The SMILES string of the molecule is Cc1nc(C(NC(=O)c2ccc(S(=O)(=O)Nc3ccc(C)c(C)c3)cc2)c2ccccc2)n[nH]1. The number of hydrogen-bond acceptors (Lipinski definition) is 5. The maximum absolute atomic E-state index is 13.0. The standard InChI is InChI=1S/C25H25N5O3S/c1-16-9-12-21(15-17(16)2)30-34(32,33)22-13-10-20(11-14-22)25(31)27-23(19-7-5-4-6-8-19)24-26-18(3)28-29-24/h4-15,23,30H,1-3H3,(H,27,31)(H,26,28,29). The van der Waals surface area contributed by atoms with Crippen LogP contribution in [0.2, 0.25) is 0 Å². The molecule has 3 aromatic carbocycles. The van der Waals surface area contributed by atoms with Crippen molar-refractivity contribution in [1.29, 1.82) is 0 Å². The minimum absolute atomic E-state index is 0.0616. The van der Waals surface area contributed by atoms with E-state index in [9.17, 15) is 13.2 Å². The molecule has 3 N–H and O–H groups in total. The smallest absolute Gasteiger partial charge is 0.261 e. The molecule has 0 aliphatic rings. The summed E-state index contributed by atoms with van der Waals surface area (Å²) in [5, 5.41) is 9.93. The average molecular weight is 476 g/mol. The number of amides is 1. The number of sulfonamides is 1. The molecule has 1 atom stereocenters. The highest BCUT2D eigenvalue weighted by atomic mass is 32.2. The van der Waals surface area contributed by atoms with E-state index in [0.29, 0.717) is 22.9 Å². The van der Waals surface area contributed by atoms with Gasteiger partial charge in [-0.2, -0.15) is 5.10 Å². The fourth-order valence-electron chi connectivity index (χ4n) is 3.45. The van der Waals surface area contributed by atoms with Gasteiger partial charge in [0, 0.05) is 11.3 Å². The third-order valence-corrected chi connectivity index (χ3v) is 6.86. The Morgan fingerprint density at radius 1 is 0.912 bits per heavy atom. The number of nitrogens with one attached hydrogen (secondary N) is 3. The molecule has 4 aromatic rings. The molecule has 4 rings (SSSR count). The van der Waals surface area contributed by atoms with Gasteiger partial charge in [0.05, 0.1) is 4.90 Å². The fourth-order valence-corrected chi connectivity index (χ4v) is 4.50. The van der Waals surface area contributed by atoms with E-state index < -0.39 is 16.1 Å². The third-order valence-electron chi connectivity index (χ3n) is 5.47. The number of hydrogen-bond donors (Lipinski definition) is 3. The molecule has 34 heavy (non-hydrogen) atoms. The predicted octanol–water partition coefficient (Wildman–Crippen LogP) is 4.05. The molecule has 9 heteroatoms. The molecule has 0 spiro atoms. The van der Waals surface area contributed by atoms with Crippen LogP contribution in [0.3, 0.4) is 0 Å². The number of rotatable bonds is 7. The first-order chi connectivity index (χ1) is 16.2. The molecule has 0 fully saturated rings. The maximum atomic E-state index is 13.0. The number of carbonyl (C=O) groups excluding carboxylic acids is 1. The van der Waals surface area contributed by atoms with E-state index in [-0.39, 0.29) is 10.8 Å². The van der Waals surface area contributed by atoms with E-state index in [1.807, 2.05) is 50.2 Å². The molecule has 1 heterocycles. The van der Waals surface area contributed by atoms with Crippen LogP contribution in [0.5, 0.6) is 0 Å². The highest BCUT2D eigenvalue weighted by Gasteiger charge is 2.22. The molecule has 1 amide bonds. The summed E-state index contributed by atoms with van der Waals surface area (Å²) < 4.78 is 28.2. The third kappa shape index (κ3) is 5.15. The molecule has 0 bridgehead atoms. The average Bonchev–Trinajstić information content (AvgIpc) is 3.26. The molecule has 8 nitrogen and oxygen atoms in total. The maximum Gasteiger partial charge on any atom is 0.261 e. The monoisotopic (exact) mass is 475 g/mol. The second-order valence-electron chi connectivity index (χ2n) is 8.03. The summed E-state index contributed by atoms with van der Waals surface area (Å²) in [5.74, 6) is 0.701. The first-order valence-corrected chi connectivity index (χ1v) is 12.2. The van der Waals surface area contributed by atoms with Crippen molar-refractivity contribution < 1.29 is 13.2 Å². The van der Waals surface area contributed by atoms with Gasteiger partial charge in [0.15, 0.2) is 5.82 Å². The number of nitrogens with zero attached hydrogens (tertiary/aromatic N) is 2. The first-order valence-electron chi connectivity index (χ1n) is 10.7. The van der Waals surface area contributed by atoms with E-state index in [2.05, 4.69) is 25.2 Å². The quantitative estimate of drug-likeness (QED) is 0.373.